The Kier molecular flexibility index (Phi) is 13.9. The molecule has 3 N–H and O–H groups in total. The van der Waals surface area contributed by atoms with Crippen LogP contribution in [0.15, 0.2) is 36.5 Å². The summed E-state index contributed by atoms with van der Waals surface area (Å²) in [7, 11) is 2.67. The number of aromatic nitrogens is 2. The molecule has 5 fully saturated rings. The number of benzene rings is 2. The molecule has 18 nitrogen and oxygen atoms in total. The van der Waals surface area contributed by atoms with Crippen molar-refractivity contribution in [3.8, 4) is 5.75 Å². The Balaban J connectivity index is 0.672. The summed E-state index contributed by atoms with van der Waals surface area (Å²) in [4.78, 5) is 97.1. The van der Waals surface area contributed by atoms with Gasteiger partial charge in [0.25, 0.3) is 23.6 Å². The van der Waals surface area contributed by atoms with Gasteiger partial charge in [-0.1, -0.05) is 18.9 Å². The molecule has 10 rings (SSSR count). The van der Waals surface area contributed by atoms with E-state index in [4.69, 9.17) is 4.74 Å². The monoisotopic (exact) mass is 997 g/mol. The Labute approximate surface area is 416 Å². The van der Waals surface area contributed by atoms with E-state index < -0.39 is 59.8 Å². The zero-order chi connectivity index (χ0) is 50.4. The Bertz CT molecular complexity index is 2630. The maximum atomic E-state index is 15.8. The first-order chi connectivity index (χ1) is 34.7. The Morgan fingerprint density at radius 1 is 0.875 bits per heavy atom. The number of nitrogens with one attached hydrogen (secondary N) is 3. The second kappa shape index (κ2) is 20.3. The van der Waals surface area contributed by atoms with Crippen molar-refractivity contribution in [3.63, 3.8) is 0 Å². The van der Waals surface area contributed by atoms with Crippen molar-refractivity contribution in [1.82, 2.24) is 35.3 Å². The maximum Gasteiger partial charge on any atom is 0.342 e. The first-order valence-electron chi connectivity index (χ1n) is 25.5. The molecule has 3 saturated heterocycles. The number of hydrogen-bond acceptors (Lipinski definition) is 14. The highest BCUT2D eigenvalue weighted by Gasteiger charge is 2.49. The molecule has 2 aliphatic carbocycles. The van der Waals surface area contributed by atoms with Gasteiger partial charge in [0.2, 0.25) is 17.8 Å². The van der Waals surface area contributed by atoms with Crippen molar-refractivity contribution in [2.45, 2.75) is 114 Å². The van der Waals surface area contributed by atoms with Gasteiger partial charge in [-0.2, -0.15) is 13.8 Å². The van der Waals surface area contributed by atoms with Crippen molar-refractivity contribution < 1.29 is 46.7 Å². The Morgan fingerprint density at radius 2 is 1.61 bits per heavy atom. The number of amides is 6. The van der Waals surface area contributed by atoms with Gasteiger partial charge in [0.05, 0.1) is 47.9 Å². The summed E-state index contributed by atoms with van der Waals surface area (Å²) in [6.45, 7) is 5.61. The number of piperidine rings is 2. The van der Waals surface area contributed by atoms with Crippen LogP contribution in [-0.4, -0.2) is 157 Å². The minimum Gasteiger partial charge on any atom is -0.495 e. The fourth-order valence-electron chi connectivity index (χ4n) is 12.0. The number of imide groups is 2. The highest BCUT2D eigenvalue weighted by atomic mass is 19.3. The number of nitrogens with zero attached hydrogens (tertiary/aromatic N) is 8. The molecule has 21 heteroatoms. The quantitative estimate of drug-likeness (QED) is 0.203. The van der Waals surface area contributed by atoms with E-state index in [9.17, 15) is 28.8 Å². The number of rotatable bonds is 12. The summed E-state index contributed by atoms with van der Waals surface area (Å²) in [5.41, 5.74) is 1.47. The third-order valence-corrected chi connectivity index (χ3v) is 16.1. The van der Waals surface area contributed by atoms with Crippen molar-refractivity contribution in [3.05, 3.63) is 59.0 Å². The van der Waals surface area contributed by atoms with Crippen LogP contribution in [0.5, 0.6) is 5.75 Å². The highest BCUT2D eigenvalue weighted by molar-refractivity contribution is 6.25. The zero-order valence-corrected chi connectivity index (χ0v) is 40.8. The summed E-state index contributed by atoms with van der Waals surface area (Å²) >= 11 is 0. The smallest absolute Gasteiger partial charge is 0.342 e. The van der Waals surface area contributed by atoms with Gasteiger partial charge in [0, 0.05) is 76.9 Å². The molecule has 3 aromatic rings. The van der Waals surface area contributed by atoms with Crippen LogP contribution >= 0.6 is 0 Å². The standard InChI is InChI=1S/C51H62F3N11O7/c1-60-40-28-55-50(59-44(40)64(33-6-3-4-7-33)29-51(53,54)49(60)71)57-37-27-36(52)35(26-41(37)72-2)45(67)56-31-10-12-32(13-11-31)62-24-22-61(23-25-62)19-16-30-17-20-63(21-18-30)38-9-5-8-34-43(38)48(70)65(47(34)69)39-14-15-42(66)58-46(39)68/h5,8-9,26-28,30-33,39H,3-4,6-7,10-25,29H2,1-2H3,(H,56,67)(H,55,57,59)(H,58,66,68). The molecular formula is C51H62F3N11O7. The normalized spacial score (nSPS) is 24.6. The fourth-order valence-corrected chi connectivity index (χ4v) is 12.0. The minimum atomic E-state index is -3.63. The van der Waals surface area contributed by atoms with Crippen LogP contribution in [0.4, 0.5) is 42.0 Å². The van der Waals surface area contributed by atoms with Gasteiger partial charge in [0.1, 0.15) is 23.3 Å². The van der Waals surface area contributed by atoms with E-state index in [1.165, 1.54) is 31.3 Å². The fraction of sp³-hybridized carbons (Fsp3) is 0.569. The maximum absolute atomic E-state index is 15.8. The number of ether oxygens (including phenoxy) is 1. The number of carbonyl (C=O) groups is 6. The molecule has 1 unspecified atom stereocenters. The van der Waals surface area contributed by atoms with Gasteiger partial charge in [-0.25, -0.2) is 9.37 Å². The Morgan fingerprint density at radius 3 is 2.32 bits per heavy atom. The second-order valence-electron chi connectivity index (χ2n) is 20.4. The summed E-state index contributed by atoms with van der Waals surface area (Å²) in [5, 5.41) is 8.25. The minimum absolute atomic E-state index is 0.0115. The van der Waals surface area contributed by atoms with E-state index in [-0.39, 0.29) is 59.4 Å². The molecule has 7 aliphatic rings. The van der Waals surface area contributed by atoms with E-state index in [0.717, 1.165) is 125 Å². The van der Waals surface area contributed by atoms with Crippen LogP contribution in [0.1, 0.15) is 115 Å². The first kappa shape index (κ1) is 49.2. The lowest BCUT2D eigenvalue weighted by atomic mass is 9.89. The van der Waals surface area contributed by atoms with E-state index in [0.29, 0.717) is 35.9 Å². The topological polar surface area (TPSA) is 193 Å². The lowest BCUT2D eigenvalue weighted by Gasteiger charge is -2.42. The average molecular weight is 998 g/mol. The van der Waals surface area contributed by atoms with Crippen LogP contribution in [-0.2, 0) is 14.4 Å². The third kappa shape index (κ3) is 9.68. The van der Waals surface area contributed by atoms with Gasteiger partial charge < -0.3 is 35.0 Å². The summed E-state index contributed by atoms with van der Waals surface area (Å²) in [5.74, 6) is -7.42. The molecule has 72 heavy (non-hydrogen) atoms. The average Bonchev–Trinajstić information content (AvgIpc) is 4.00. The largest absolute Gasteiger partial charge is 0.495 e. The number of piperazine rings is 1. The SMILES string of the molecule is COc1cc(C(=O)NC2CCC(N3CCN(CCC4CCN(c5cccc6c5C(=O)N(C5CCC(=O)NC5=O)C6=O)CC4)CC3)CC2)c(F)cc1Nc1ncc2c(n1)N(C1CCCC1)CC(F)(F)C(=O)N2C. The number of hydrogen-bond donors (Lipinski definition) is 3. The molecule has 1 atom stereocenters. The summed E-state index contributed by atoms with van der Waals surface area (Å²) in [6, 6.07) is 6.82. The molecule has 0 radical (unpaired) electrons. The predicted octanol–water partition coefficient (Wildman–Crippen LogP) is 5.10. The molecule has 6 heterocycles. The van der Waals surface area contributed by atoms with Crippen LogP contribution in [0.25, 0.3) is 0 Å². The highest BCUT2D eigenvalue weighted by Crippen LogP contribution is 2.41. The lowest BCUT2D eigenvalue weighted by Crippen LogP contribution is -2.54. The van der Waals surface area contributed by atoms with Crippen LogP contribution < -0.4 is 35.4 Å². The van der Waals surface area contributed by atoms with Gasteiger partial charge >= 0.3 is 5.92 Å². The Hall–Kier alpha value is -6.35. The molecule has 2 saturated carbocycles. The first-order valence-corrected chi connectivity index (χ1v) is 25.5. The van der Waals surface area contributed by atoms with E-state index in [1.807, 2.05) is 6.07 Å². The third-order valence-electron chi connectivity index (χ3n) is 16.1. The van der Waals surface area contributed by atoms with Crippen molar-refractivity contribution in [2.75, 3.05) is 86.5 Å². The number of anilines is 5. The molecule has 5 aliphatic heterocycles. The van der Waals surface area contributed by atoms with Gasteiger partial charge in [-0.05, 0) is 94.9 Å². The number of alkyl halides is 2. The molecule has 384 valence electrons. The van der Waals surface area contributed by atoms with Crippen LogP contribution in [0.2, 0.25) is 0 Å². The molecule has 2 aromatic carbocycles. The van der Waals surface area contributed by atoms with Crippen molar-refractivity contribution in [1.29, 1.82) is 0 Å². The number of carbonyl (C=O) groups excluding carboxylic acids is 6. The molecule has 1 aromatic heterocycles. The number of fused-ring (bicyclic) bond motifs is 2. The summed E-state index contributed by atoms with van der Waals surface area (Å²) in [6.07, 6.45) is 11.0. The van der Waals surface area contributed by atoms with Crippen LogP contribution in [0, 0.1) is 11.7 Å². The second-order valence-corrected chi connectivity index (χ2v) is 20.4. The van der Waals surface area contributed by atoms with E-state index >= 15 is 13.2 Å². The number of halogens is 3. The van der Waals surface area contributed by atoms with Crippen LogP contribution in [0.3, 0.4) is 0 Å². The molecule has 0 bridgehead atoms. The van der Waals surface area contributed by atoms with E-state index in [1.54, 1.807) is 12.1 Å². The molecule has 6 amide bonds. The lowest BCUT2D eigenvalue weighted by molar-refractivity contribution is -0.140. The van der Waals surface area contributed by atoms with Gasteiger partial charge in [-0.3, -0.25) is 43.9 Å². The number of methoxy groups -OCH3 is 1. The molecular weight excluding hydrogens is 936 g/mol. The van der Waals surface area contributed by atoms with E-state index in [2.05, 4.69) is 40.6 Å². The summed E-state index contributed by atoms with van der Waals surface area (Å²) < 4.78 is 51.5. The van der Waals surface area contributed by atoms with Gasteiger partial charge in [-0.15, -0.1) is 0 Å². The molecule has 0 spiro atoms. The van der Waals surface area contributed by atoms with Crippen molar-refractivity contribution >= 4 is 64.3 Å². The van der Waals surface area contributed by atoms with Gasteiger partial charge in [0.15, 0.2) is 5.82 Å². The predicted molar refractivity (Wildman–Crippen MR) is 260 cm³/mol. The van der Waals surface area contributed by atoms with Crippen molar-refractivity contribution in [2.24, 2.45) is 5.92 Å². The zero-order valence-electron chi connectivity index (χ0n) is 40.8.